The van der Waals surface area contributed by atoms with Crippen LogP contribution in [0, 0.1) is 0 Å². The Kier molecular flexibility index (Phi) is 4.31. The number of carbonyl (C=O) groups is 1. The van der Waals surface area contributed by atoms with E-state index in [9.17, 15) is 17.4 Å². The maximum absolute atomic E-state index is 12.1. The fourth-order valence-corrected chi connectivity index (χ4v) is 2.77. The predicted molar refractivity (Wildman–Crippen MR) is 75.3 cm³/mol. The average Bonchev–Trinajstić information content (AvgIpc) is 3.05. The number of sulfonamides is 1. The van der Waals surface area contributed by atoms with E-state index in [-0.39, 0.29) is 29.1 Å². The first kappa shape index (κ1) is 15.2. The van der Waals surface area contributed by atoms with Crippen LogP contribution in [0.5, 0.6) is 0 Å². The second-order valence-corrected chi connectivity index (χ2v) is 7.89. The van der Waals surface area contributed by atoms with Gasteiger partial charge in [0.15, 0.2) is 0 Å². The van der Waals surface area contributed by atoms with E-state index in [1.165, 1.54) is 12.3 Å². The number of hydrogen-bond donors (Lipinski definition) is 2. The molecular weight excluding hydrogens is 302 g/mol. The van der Waals surface area contributed by atoms with Gasteiger partial charge in [-0.3, -0.25) is 9.00 Å². The zero-order valence-electron chi connectivity index (χ0n) is 11.0. The van der Waals surface area contributed by atoms with Crippen molar-refractivity contribution in [2.75, 3.05) is 18.6 Å². The molecule has 0 radical (unpaired) electrons. The van der Waals surface area contributed by atoms with E-state index in [0.717, 1.165) is 12.8 Å². The topological polar surface area (TPSA) is 111 Å². The molecule has 3 N–H and O–H groups in total. The number of aromatic nitrogens is 1. The highest BCUT2D eigenvalue weighted by Gasteiger charge is 2.29. The third-order valence-corrected chi connectivity index (χ3v) is 4.66. The molecule has 0 saturated heterocycles. The third kappa shape index (κ3) is 3.68. The Morgan fingerprint density at radius 3 is 2.70 bits per heavy atom. The maximum atomic E-state index is 12.1. The summed E-state index contributed by atoms with van der Waals surface area (Å²) < 4.78 is 35.3. The minimum atomic E-state index is -3.83. The van der Waals surface area contributed by atoms with Crippen LogP contribution < -0.4 is 10.5 Å². The van der Waals surface area contributed by atoms with Crippen LogP contribution in [0.3, 0.4) is 0 Å². The molecular formula is C11H17N3O4S2. The fourth-order valence-electron chi connectivity index (χ4n) is 1.85. The quantitative estimate of drug-likeness (QED) is 0.741. The molecule has 0 bridgehead atoms. The summed E-state index contributed by atoms with van der Waals surface area (Å²) in [6.07, 6.45) is 4.79. The summed E-state index contributed by atoms with van der Waals surface area (Å²) in [7, 11) is -4.81. The summed E-state index contributed by atoms with van der Waals surface area (Å²) in [6.45, 7) is 0.280. The van der Waals surface area contributed by atoms with Crippen LogP contribution in [0.15, 0.2) is 17.2 Å². The van der Waals surface area contributed by atoms with Gasteiger partial charge in [0.2, 0.25) is 10.0 Å². The zero-order valence-corrected chi connectivity index (χ0v) is 12.7. The summed E-state index contributed by atoms with van der Waals surface area (Å²) in [5.41, 5.74) is 0.276. The Morgan fingerprint density at radius 1 is 1.55 bits per heavy atom. The van der Waals surface area contributed by atoms with Crippen molar-refractivity contribution in [3.05, 3.63) is 18.0 Å². The molecule has 1 aliphatic carbocycles. The molecule has 112 valence electrons. The number of hydrogen-bond acceptors (Lipinski definition) is 4. The second kappa shape index (κ2) is 5.66. The summed E-state index contributed by atoms with van der Waals surface area (Å²) in [5.74, 6) is -0.0185. The van der Waals surface area contributed by atoms with E-state index < -0.39 is 20.8 Å². The van der Waals surface area contributed by atoms with Gasteiger partial charge < -0.3 is 9.88 Å². The summed E-state index contributed by atoms with van der Waals surface area (Å²) >= 11 is 0. The average molecular weight is 319 g/mol. The molecule has 1 fully saturated rings. The normalized spacial score (nSPS) is 16.9. The second-order valence-electron chi connectivity index (χ2n) is 4.78. The van der Waals surface area contributed by atoms with Crippen molar-refractivity contribution in [3.8, 4) is 0 Å². The van der Waals surface area contributed by atoms with Crippen molar-refractivity contribution >= 4 is 26.7 Å². The molecule has 1 unspecified atom stereocenters. The van der Waals surface area contributed by atoms with Gasteiger partial charge in [0.05, 0.1) is 0 Å². The van der Waals surface area contributed by atoms with Gasteiger partial charge in [-0.2, -0.15) is 0 Å². The van der Waals surface area contributed by atoms with Crippen LogP contribution in [0.4, 0.5) is 0 Å². The molecule has 1 aliphatic rings. The Balaban J connectivity index is 2.19. The van der Waals surface area contributed by atoms with Gasteiger partial charge in [-0.15, -0.1) is 0 Å². The predicted octanol–water partition coefficient (Wildman–Crippen LogP) is -0.421. The largest absolute Gasteiger partial charge is 0.350 e. The van der Waals surface area contributed by atoms with Crippen LogP contribution in [0.25, 0.3) is 0 Å². The van der Waals surface area contributed by atoms with Crippen LogP contribution >= 0.6 is 0 Å². The highest BCUT2D eigenvalue weighted by Crippen LogP contribution is 2.37. The van der Waals surface area contributed by atoms with Gasteiger partial charge >= 0.3 is 0 Å². The Labute approximate surface area is 120 Å². The molecule has 1 atom stereocenters. The van der Waals surface area contributed by atoms with Gasteiger partial charge in [-0.25, -0.2) is 13.6 Å². The lowest BCUT2D eigenvalue weighted by molar-refractivity contribution is 0.0946. The molecule has 20 heavy (non-hydrogen) atoms. The van der Waals surface area contributed by atoms with E-state index in [2.05, 4.69) is 5.32 Å². The monoisotopic (exact) mass is 319 g/mol. The van der Waals surface area contributed by atoms with Crippen LogP contribution in [-0.4, -0.2) is 41.7 Å². The first-order valence-corrected chi connectivity index (χ1v) is 9.39. The Morgan fingerprint density at radius 2 is 2.20 bits per heavy atom. The van der Waals surface area contributed by atoms with Crippen molar-refractivity contribution in [2.24, 2.45) is 5.14 Å². The Hall–Kier alpha value is -1.19. The number of nitrogens with two attached hydrogens (primary N) is 1. The lowest BCUT2D eigenvalue weighted by Gasteiger charge is -2.07. The summed E-state index contributed by atoms with van der Waals surface area (Å²) in [4.78, 5) is 12.0. The molecule has 0 spiro atoms. The van der Waals surface area contributed by atoms with Crippen molar-refractivity contribution in [1.82, 2.24) is 9.88 Å². The number of carbonyl (C=O) groups excluding carboxylic acids is 1. The van der Waals surface area contributed by atoms with Crippen molar-refractivity contribution in [1.29, 1.82) is 0 Å². The standard InChI is InChI=1S/C11H17N3O4S2/c1-19(16)5-4-13-11(15)10-6-9(20(12,17)18)7-14(10)8-2-3-8/h6-8H,2-5H2,1H3,(H,13,15)(H2,12,17,18). The Bertz CT molecular complexity index is 647. The molecule has 7 nitrogen and oxygen atoms in total. The van der Waals surface area contributed by atoms with Gasteiger partial charge in [-0.05, 0) is 18.9 Å². The number of primary sulfonamides is 1. The lowest BCUT2D eigenvalue weighted by atomic mass is 10.4. The van der Waals surface area contributed by atoms with Crippen molar-refractivity contribution in [3.63, 3.8) is 0 Å². The minimum Gasteiger partial charge on any atom is -0.350 e. The minimum absolute atomic E-state index is 0.0615. The van der Waals surface area contributed by atoms with Gasteiger partial charge in [0, 0.05) is 41.6 Å². The van der Waals surface area contributed by atoms with Crippen LogP contribution in [-0.2, 0) is 20.8 Å². The first-order valence-electron chi connectivity index (χ1n) is 6.12. The van der Waals surface area contributed by atoms with Gasteiger partial charge in [0.1, 0.15) is 10.6 Å². The van der Waals surface area contributed by atoms with E-state index in [1.807, 2.05) is 0 Å². The van der Waals surface area contributed by atoms with Crippen molar-refractivity contribution in [2.45, 2.75) is 23.8 Å². The fraction of sp³-hybridized carbons (Fsp3) is 0.545. The molecule has 0 aliphatic heterocycles. The molecule has 1 saturated carbocycles. The molecule has 1 amide bonds. The van der Waals surface area contributed by atoms with E-state index in [0.29, 0.717) is 5.75 Å². The van der Waals surface area contributed by atoms with E-state index in [1.54, 1.807) is 10.8 Å². The number of nitrogens with one attached hydrogen (secondary N) is 1. The molecule has 2 rings (SSSR count). The lowest BCUT2D eigenvalue weighted by Crippen LogP contribution is -2.29. The number of rotatable bonds is 6. The number of nitrogens with zero attached hydrogens (tertiary/aromatic N) is 1. The third-order valence-electron chi connectivity index (χ3n) is 3.00. The molecule has 1 aromatic rings. The van der Waals surface area contributed by atoms with Crippen molar-refractivity contribution < 1.29 is 17.4 Å². The molecule has 0 aromatic carbocycles. The van der Waals surface area contributed by atoms with E-state index >= 15 is 0 Å². The first-order chi connectivity index (χ1) is 9.29. The molecule has 1 aromatic heterocycles. The van der Waals surface area contributed by atoms with Gasteiger partial charge in [-0.1, -0.05) is 0 Å². The van der Waals surface area contributed by atoms with Gasteiger partial charge in [0.25, 0.3) is 5.91 Å². The van der Waals surface area contributed by atoms with Crippen LogP contribution in [0.2, 0.25) is 0 Å². The maximum Gasteiger partial charge on any atom is 0.267 e. The van der Waals surface area contributed by atoms with E-state index in [4.69, 9.17) is 5.14 Å². The summed E-state index contributed by atoms with van der Waals surface area (Å²) in [5, 5.41) is 7.72. The molecule has 9 heteroatoms. The molecule has 1 heterocycles. The number of amides is 1. The highest BCUT2D eigenvalue weighted by atomic mass is 32.2. The van der Waals surface area contributed by atoms with Crippen LogP contribution in [0.1, 0.15) is 29.4 Å². The smallest absolute Gasteiger partial charge is 0.267 e. The zero-order chi connectivity index (χ0) is 14.9. The highest BCUT2D eigenvalue weighted by molar-refractivity contribution is 7.89. The summed E-state index contributed by atoms with van der Waals surface area (Å²) in [6, 6.07) is 1.44. The SMILES string of the molecule is CS(=O)CCNC(=O)c1cc(S(N)(=O)=O)cn1C1CC1.